The molecule has 0 bridgehead atoms. The predicted molar refractivity (Wildman–Crippen MR) is 88.9 cm³/mol. The SMILES string of the molecule is O=C(Nc1cccc(OC(F)(F)F)c1)c1cccc(NC(=O)C2CC2)c1. The van der Waals surface area contributed by atoms with Crippen molar-refractivity contribution in [1.82, 2.24) is 0 Å². The molecule has 0 unspecified atom stereocenters. The quantitative estimate of drug-likeness (QED) is 0.836. The molecule has 0 heterocycles. The zero-order valence-corrected chi connectivity index (χ0v) is 13.5. The van der Waals surface area contributed by atoms with Crippen molar-refractivity contribution >= 4 is 23.2 Å². The molecule has 8 heteroatoms. The van der Waals surface area contributed by atoms with Crippen molar-refractivity contribution in [3.63, 3.8) is 0 Å². The van der Waals surface area contributed by atoms with Crippen molar-refractivity contribution in [1.29, 1.82) is 0 Å². The summed E-state index contributed by atoms with van der Waals surface area (Å²) < 4.78 is 40.6. The summed E-state index contributed by atoms with van der Waals surface area (Å²) in [6.07, 6.45) is -3.08. The van der Waals surface area contributed by atoms with Crippen LogP contribution < -0.4 is 15.4 Å². The topological polar surface area (TPSA) is 67.4 Å². The van der Waals surface area contributed by atoms with E-state index in [9.17, 15) is 22.8 Å². The van der Waals surface area contributed by atoms with Crippen LogP contribution in [0.15, 0.2) is 48.5 Å². The molecule has 0 atom stereocenters. The van der Waals surface area contributed by atoms with E-state index in [-0.39, 0.29) is 23.1 Å². The number of nitrogens with one attached hydrogen (secondary N) is 2. The highest BCUT2D eigenvalue weighted by Gasteiger charge is 2.31. The second-order valence-corrected chi connectivity index (χ2v) is 5.87. The van der Waals surface area contributed by atoms with Gasteiger partial charge < -0.3 is 15.4 Å². The summed E-state index contributed by atoms with van der Waals surface area (Å²) in [5.74, 6) is -0.999. The largest absolute Gasteiger partial charge is 0.573 e. The lowest BCUT2D eigenvalue weighted by atomic mass is 10.1. The van der Waals surface area contributed by atoms with Gasteiger partial charge in [-0.1, -0.05) is 12.1 Å². The van der Waals surface area contributed by atoms with Crippen LogP contribution in [0.4, 0.5) is 24.5 Å². The normalized spacial score (nSPS) is 13.8. The lowest BCUT2D eigenvalue weighted by molar-refractivity contribution is -0.274. The lowest BCUT2D eigenvalue weighted by Gasteiger charge is -2.11. The highest BCUT2D eigenvalue weighted by Crippen LogP contribution is 2.30. The van der Waals surface area contributed by atoms with E-state index in [1.165, 1.54) is 24.3 Å². The van der Waals surface area contributed by atoms with Gasteiger partial charge in [0.1, 0.15) is 5.75 Å². The Hall–Kier alpha value is -3.03. The summed E-state index contributed by atoms with van der Waals surface area (Å²) in [4.78, 5) is 24.1. The third-order valence-corrected chi connectivity index (χ3v) is 3.67. The molecule has 2 N–H and O–H groups in total. The molecule has 3 rings (SSSR count). The van der Waals surface area contributed by atoms with Gasteiger partial charge >= 0.3 is 6.36 Å². The highest BCUT2D eigenvalue weighted by molar-refractivity contribution is 6.05. The number of amides is 2. The zero-order chi connectivity index (χ0) is 18.7. The van der Waals surface area contributed by atoms with Gasteiger partial charge in [0.15, 0.2) is 0 Å². The van der Waals surface area contributed by atoms with Gasteiger partial charge in [0.05, 0.1) is 0 Å². The summed E-state index contributed by atoms with van der Waals surface area (Å²) in [7, 11) is 0. The van der Waals surface area contributed by atoms with Crippen molar-refractivity contribution in [2.45, 2.75) is 19.2 Å². The molecule has 5 nitrogen and oxygen atoms in total. The Bertz CT molecular complexity index is 832. The number of rotatable bonds is 5. The first-order chi connectivity index (χ1) is 12.3. The summed E-state index contributed by atoms with van der Waals surface area (Å²) in [6.45, 7) is 0. The first-order valence-corrected chi connectivity index (χ1v) is 7.88. The second-order valence-electron chi connectivity index (χ2n) is 5.87. The van der Waals surface area contributed by atoms with Crippen molar-refractivity contribution in [3.8, 4) is 5.75 Å². The zero-order valence-electron chi connectivity index (χ0n) is 13.5. The fourth-order valence-electron chi connectivity index (χ4n) is 2.30. The number of hydrogen-bond donors (Lipinski definition) is 2. The molecule has 1 fully saturated rings. The number of carbonyl (C=O) groups is 2. The van der Waals surface area contributed by atoms with Crippen LogP contribution in [0, 0.1) is 5.92 Å². The Kier molecular flexibility index (Phi) is 4.83. The maximum absolute atomic E-state index is 12.3. The van der Waals surface area contributed by atoms with Gasteiger partial charge in [-0.2, -0.15) is 0 Å². The number of halogens is 3. The number of carbonyl (C=O) groups excluding carboxylic acids is 2. The molecule has 0 aliphatic heterocycles. The van der Waals surface area contributed by atoms with E-state index in [0.29, 0.717) is 5.69 Å². The summed E-state index contributed by atoms with van der Waals surface area (Å²) in [5, 5.41) is 5.23. The van der Waals surface area contributed by atoms with Crippen molar-refractivity contribution in [3.05, 3.63) is 54.1 Å². The Morgan fingerprint density at radius 1 is 0.962 bits per heavy atom. The number of benzene rings is 2. The van der Waals surface area contributed by atoms with Crippen LogP contribution in [0.1, 0.15) is 23.2 Å². The van der Waals surface area contributed by atoms with Gasteiger partial charge in [-0.05, 0) is 43.2 Å². The third-order valence-electron chi connectivity index (χ3n) is 3.67. The molecule has 0 aromatic heterocycles. The van der Waals surface area contributed by atoms with Gasteiger partial charge in [0.2, 0.25) is 5.91 Å². The summed E-state index contributed by atoms with van der Waals surface area (Å²) in [6, 6.07) is 11.3. The van der Waals surface area contributed by atoms with E-state index >= 15 is 0 Å². The molecular formula is C18H15F3N2O3. The first kappa shape index (κ1) is 17.8. The minimum absolute atomic E-state index is 0.0313. The van der Waals surface area contributed by atoms with Crippen LogP contribution in [-0.4, -0.2) is 18.2 Å². The maximum atomic E-state index is 12.3. The minimum atomic E-state index is -4.81. The van der Waals surface area contributed by atoms with E-state index in [2.05, 4.69) is 15.4 Å². The minimum Gasteiger partial charge on any atom is -0.406 e. The van der Waals surface area contributed by atoms with Crippen molar-refractivity contribution in [2.24, 2.45) is 5.92 Å². The maximum Gasteiger partial charge on any atom is 0.573 e. The fourth-order valence-corrected chi connectivity index (χ4v) is 2.30. The molecule has 26 heavy (non-hydrogen) atoms. The van der Waals surface area contributed by atoms with Gasteiger partial charge in [0.25, 0.3) is 5.91 Å². The number of ether oxygens (including phenoxy) is 1. The molecule has 2 aromatic carbocycles. The third kappa shape index (κ3) is 4.98. The molecule has 136 valence electrons. The standard InChI is InChI=1S/C18H15F3N2O3/c19-18(20,21)26-15-6-2-5-14(10-15)23-17(25)12-3-1-4-13(9-12)22-16(24)11-7-8-11/h1-6,9-11H,7-8H2,(H,22,24)(H,23,25). The van der Waals surface area contributed by atoms with Gasteiger partial charge in [0, 0.05) is 28.9 Å². The van der Waals surface area contributed by atoms with Gasteiger partial charge in [-0.15, -0.1) is 13.2 Å². The average Bonchev–Trinajstić information content (AvgIpc) is 3.38. The number of anilines is 2. The van der Waals surface area contributed by atoms with Crippen LogP contribution in [0.3, 0.4) is 0 Å². The first-order valence-electron chi connectivity index (χ1n) is 7.88. The number of hydrogen-bond acceptors (Lipinski definition) is 3. The second kappa shape index (κ2) is 7.07. The van der Waals surface area contributed by atoms with Crippen molar-refractivity contribution in [2.75, 3.05) is 10.6 Å². The molecule has 1 aliphatic carbocycles. The summed E-state index contributed by atoms with van der Waals surface area (Å²) >= 11 is 0. The van der Waals surface area contributed by atoms with Crippen LogP contribution in [0.2, 0.25) is 0 Å². The lowest BCUT2D eigenvalue weighted by Crippen LogP contribution is -2.17. The van der Waals surface area contributed by atoms with E-state index in [4.69, 9.17) is 0 Å². The molecule has 1 saturated carbocycles. The van der Waals surface area contributed by atoms with Crippen LogP contribution in [-0.2, 0) is 4.79 Å². The van der Waals surface area contributed by atoms with E-state index in [0.717, 1.165) is 25.0 Å². The molecule has 1 aliphatic rings. The van der Waals surface area contributed by atoms with Gasteiger partial charge in [-0.3, -0.25) is 9.59 Å². The fraction of sp³-hybridized carbons (Fsp3) is 0.222. The number of alkyl halides is 3. The Morgan fingerprint density at radius 3 is 2.27 bits per heavy atom. The van der Waals surface area contributed by atoms with E-state index < -0.39 is 18.0 Å². The Labute approximate surface area is 147 Å². The molecule has 0 saturated heterocycles. The summed E-state index contributed by atoms with van der Waals surface area (Å²) in [5.41, 5.74) is 0.911. The van der Waals surface area contributed by atoms with Crippen molar-refractivity contribution < 1.29 is 27.5 Å². The highest BCUT2D eigenvalue weighted by atomic mass is 19.4. The molecule has 2 amide bonds. The smallest absolute Gasteiger partial charge is 0.406 e. The van der Waals surface area contributed by atoms with Crippen LogP contribution in [0.25, 0.3) is 0 Å². The van der Waals surface area contributed by atoms with E-state index in [1.54, 1.807) is 12.1 Å². The van der Waals surface area contributed by atoms with Gasteiger partial charge in [-0.25, -0.2) is 0 Å². The Morgan fingerprint density at radius 2 is 1.62 bits per heavy atom. The van der Waals surface area contributed by atoms with Crippen LogP contribution >= 0.6 is 0 Å². The predicted octanol–water partition coefficient (Wildman–Crippen LogP) is 4.19. The molecule has 0 radical (unpaired) electrons. The van der Waals surface area contributed by atoms with Crippen LogP contribution in [0.5, 0.6) is 5.75 Å². The monoisotopic (exact) mass is 364 g/mol. The van der Waals surface area contributed by atoms with E-state index in [1.807, 2.05) is 0 Å². The average molecular weight is 364 g/mol. The molecule has 2 aromatic rings. The Balaban J connectivity index is 1.68. The molecule has 0 spiro atoms. The molecular weight excluding hydrogens is 349 g/mol.